The van der Waals surface area contributed by atoms with E-state index in [2.05, 4.69) is 25.8 Å². The highest BCUT2D eigenvalue weighted by Crippen LogP contribution is 2.16. The molecule has 0 radical (unpaired) electrons. The van der Waals surface area contributed by atoms with Gasteiger partial charge in [-0.3, -0.25) is 9.78 Å². The molecule has 0 spiro atoms. The first kappa shape index (κ1) is 24.3. The largest absolute Gasteiger partial charge is 0.355 e. The quantitative estimate of drug-likeness (QED) is 0.493. The summed E-state index contributed by atoms with van der Waals surface area (Å²) < 4.78 is 5.19. The predicted molar refractivity (Wildman–Crippen MR) is 113 cm³/mol. The second-order valence-corrected chi connectivity index (χ2v) is 6.72. The summed E-state index contributed by atoms with van der Waals surface area (Å²) in [6, 6.07) is 6.13. The summed E-state index contributed by atoms with van der Waals surface area (Å²) in [6.07, 6.45) is 10.3. The van der Waals surface area contributed by atoms with Crippen molar-refractivity contribution in [2.75, 3.05) is 13.1 Å². The fourth-order valence-electron chi connectivity index (χ4n) is 3.23. The molecule has 2 heterocycles. The highest BCUT2D eigenvalue weighted by atomic mass is 35.5. The zero-order valence-corrected chi connectivity index (χ0v) is 17.6. The van der Waals surface area contributed by atoms with E-state index >= 15 is 0 Å². The summed E-state index contributed by atoms with van der Waals surface area (Å²) >= 11 is 0. The molecule has 156 valence electrons. The van der Waals surface area contributed by atoms with Crippen molar-refractivity contribution in [1.82, 2.24) is 25.8 Å². The summed E-state index contributed by atoms with van der Waals surface area (Å²) in [6.45, 7) is 1.47. The van der Waals surface area contributed by atoms with Crippen LogP contribution in [-0.2, 0) is 11.2 Å². The highest BCUT2D eigenvalue weighted by molar-refractivity contribution is 5.85. The van der Waals surface area contributed by atoms with Crippen LogP contribution in [0.1, 0.15) is 50.8 Å². The average Bonchev–Trinajstić information content (AvgIpc) is 3.00. The molecular weight excluding hydrogens is 401 g/mol. The zero-order valence-electron chi connectivity index (χ0n) is 15.9. The van der Waals surface area contributed by atoms with Crippen molar-refractivity contribution in [2.24, 2.45) is 0 Å². The normalized spacial score (nSPS) is 14.4. The van der Waals surface area contributed by atoms with Gasteiger partial charge in [0.25, 0.3) is 0 Å². The van der Waals surface area contributed by atoms with Crippen molar-refractivity contribution >= 4 is 30.7 Å². The number of nitrogens with one attached hydrogen (secondary N) is 2. The van der Waals surface area contributed by atoms with Gasteiger partial charge in [0, 0.05) is 38.2 Å². The SMILES string of the molecule is Cl.Cl.O=C(CCc1nc(-c2ccccn2)no1)NCCNC1CCCCCC1. The molecule has 0 aliphatic heterocycles. The summed E-state index contributed by atoms with van der Waals surface area (Å²) in [5.74, 6) is 0.913. The Labute approximate surface area is 178 Å². The summed E-state index contributed by atoms with van der Waals surface area (Å²) in [5.41, 5.74) is 0.663. The first-order valence-corrected chi connectivity index (χ1v) is 9.55. The topological polar surface area (TPSA) is 92.9 Å². The smallest absolute Gasteiger partial charge is 0.227 e. The van der Waals surface area contributed by atoms with Crippen molar-refractivity contribution in [2.45, 2.75) is 57.4 Å². The standard InChI is InChI=1S/C19H27N5O2.2ClH/c25-17(22-14-13-20-15-7-3-1-2-4-8-15)10-11-18-23-19(24-26-18)16-9-5-6-12-21-16;;/h5-6,9,12,15,20H,1-4,7-8,10-11,13-14H2,(H,22,25);2*1H. The molecule has 2 aromatic rings. The highest BCUT2D eigenvalue weighted by Gasteiger charge is 2.12. The van der Waals surface area contributed by atoms with Gasteiger partial charge in [-0.05, 0) is 25.0 Å². The minimum Gasteiger partial charge on any atom is -0.355 e. The Balaban J connectivity index is 0.00000196. The maximum atomic E-state index is 12.0. The molecule has 7 nitrogen and oxygen atoms in total. The van der Waals surface area contributed by atoms with Crippen LogP contribution < -0.4 is 10.6 Å². The molecular formula is C19H29Cl2N5O2. The number of halogens is 2. The second kappa shape index (κ2) is 13.5. The van der Waals surface area contributed by atoms with Gasteiger partial charge in [0.1, 0.15) is 5.69 Å². The molecule has 0 bridgehead atoms. The second-order valence-electron chi connectivity index (χ2n) is 6.72. The van der Waals surface area contributed by atoms with Crippen LogP contribution in [0.25, 0.3) is 11.5 Å². The predicted octanol–water partition coefficient (Wildman–Crippen LogP) is 3.34. The van der Waals surface area contributed by atoms with E-state index in [9.17, 15) is 4.79 Å². The van der Waals surface area contributed by atoms with Crippen LogP contribution in [0.5, 0.6) is 0 Å². The number of nitrogens with zero attached hydrogens (tertiary/aromatic N) is 3. The molecule has 2 aromatic heterocycles. The van der Waals surface area contributed by atoms with E-state index < -0.39 is 0 Å². The van der Waals surface area contributed by atoms with Gasteiger partial charge in [-0.25, -0.2) is 0 Å². The molecule has 1 aliphatic carbocycles. The van der Waals surface area contributed by atoms with Crippen LogP contribution in [0.15, 0.2) is 28.9 Å². The van der Waals surface area contributed by atoms with Gasteiger partial charge in [0.2, 0.25) is 17.6 Å². The van der Waals surface area contributed by atoms with Crippen molar-refractivity contribution in [1.29, 1.82) is 0 Å². The number of amides is 1. The van der Waals surface area contributed by atoms with Crippen LogP contribution in [-0.4, -0.2) is 40.2 Å². The van der Waals surface area contributed by atoms with Crippen molar-refractivity contribution < 1.29 is 9.32 Å². The third kappa shape index (κ3) is 8.12. The van der Waals surface area contributed by atoms with E-state index in [0.717, 1.165) is 6.54 Å². The number of aromatic nitrogens is 3. The number of pyridine rings is 1. The molecule has 3 rings (SSSR count). The van der Waals surface area contributed by atoms with Gasteiger partial charge >= 0.3 is 0 Å². The average molecular weight is 430 g/mol. The molecule has 2 N–H and O–H groups in total. The Morgan fingerprint density at radius 1 is 1.11 bits per heavy atom. The van der Waals surface area contributed by atoms with Gasteiger partial charge < -0.3 is 15.2 Å². The van der Waals surface area contributed by atoms with Crippen LogP contribution in [0.3, 0.4) is 0 Å². The summed E-state index contributed by atoms with van der Waals surface area (Å²) in [5, 5.41) is 10.4. The van der Waals surface area contributed by atoms with Gasteiger partial charge in [-0.15, -0.1) is 24.8 Å². The number of rotatable bonds is 8. The summed E-state index contributed by atoms with van der Waals surface area (Å²) in [7, 11) is 0. The van der Waals surface area contributed by atoms with E-state index in [4.69, 9.17) is 4.52 Å². The molecule has 0 aromatic carbocycles. The van der Waals surface area contributed by atoms with Crippen molar-refractivity contribution in [3.8, 4) is 11.5 Å². The Morgan fingerprint density at radius 2 is 1.89 bits per heavy atom. The lowest BCUT2D eigenvalue weighted by atomic mass is 10.1. The van der Waals surface area contributed by atoms with Crippen LogP contribution >= 0.6 is 24.8 Å². The first-order chi connectivity index (χ1) is 12.8. The monoisotopic (exact) mass is 429 g/mol. The number of hydrogen-bond donors (Lipinski definition) is 2. The lowest BCUT2D eigenvalue weighted by molar-refractivity contribution is -0.121. The van der Waals surface area contributed by atoms with Crippen LogP contribution in [0.2, 0.25) is 0 Å². The fourth-order valence-corrected chi connectivity index (χ4v) is 3.23. The maximum absolute atomic E-state index is 12.0. The molecule has 0 saturated heterocycles. The van der Waals surface area contributed by atoms with E-state index in [1.807, 2.05) is 18.2 Å². The van der Waals surface area contributed by atoms with Gasteiger partial charge in [0.05, 0.1) is 0 Å². The molecule has 9 heteroatoms. The molecule has 1 amide bonds. The first-order valence-electron chi connectivity index (χ1n) is 9.55. The number of aryl methyl sites for hydroxylation is 1. The van der Waals surface area contributed by atoms with E-state index in [-0.39, 0.29) is 30.7 Å². The summed E-state index contributed by atoms with van der Waals surface area (Å²) in [4.78, 5) is 20.4. The van der Waals surface area contributed by atoms with Crippen LogP contribution in [0, 0.1) is 0 Å². The number of carbonyl (C=O) groups is 1. The lowest BCUT2D eigenvalue weighted by Crippen LogP contribution is -2.36. The van der Waals surface area contributed by atoms with Crippen molar-refractivity contribution in [3.63, 3.8) is 0 Å². The Bertz CT molecular complexity index is 676. The minimum absolute atomic E-state index is 0. The van der Waals surface area contributed by atoms with Crippen molar-refractivity contribution in [3.05, 3.63) is 30.3 Å². The molecule has 1 saturated carbocycles. The third-order valence-electron chi connectivity index (χ3n) is 4.66. The van der Waals surface area contributed by atoms with Crippen LogP contribution in [0.4, 0.5) is 0 Å². The van der Waals surface area contributed by atoms with E-state index in [1.165, 1.54) is 38.5 Å². The fraction of sp³-hybridized carbons (Fsp3) is 0.579. The van der Waals surface area contributed by atoms with Gasteiger partial charge in [-0.2, -0.15) is 4.98 Å². The Hall–Kier alpha value is -1.70. The van der Waals surface area contributed by atoms with Gasteiger partial charge in [-0.1, -0.05) is 36.9 Å². The Kier molecular flexibility index (Phi) is 11.7. The maximum Gasteiger partial charge on any atom is 0.227 e. The number of carbonyl (C=O) groups excluding carboxylic acids is 1. The molecule has 0 atom stereocenters. The zero-order chi connectivity index (χ0) is 18.0. The number of hydrogen-bond acceptors (Lipinski definition) is 6. The van der Waals surface area contributed by atoms with E-state index in [1.54, 1.807) is 6.20 Å². The molecule has 0 unspecified atom stereocenters. The lowest BCUT2D eigenvalue weighted by Gasteiger charge is -2.16. The third-order valence-corrected chi connectivity index (χ3v) is 4.66. The molecule has 28 heavy (non-hydrogen) atoms. The molecule has 1 aliphatic rings. The minimum atomic E-state index is 0. The van der Waals surface area contributed by atoms with E-state index in [0.29, 0.717) is 42.8 Å². The van der Waals surface area contributed by atoms with Gasteiger partial charge in [0.15, 0.2) is 0 Å². The molecule has 1 fully saturated rings. The Morgan fingerprint density at radius 3 is 2.61 bits per heavy atom.